The van der Waals surface area contributed by atoms with E-state index >= 15 is 0 Å². The minimum atomic E-state index is -3.95. The van der Waals surface area contributed by atoms with Gasteiger partial charge in [0.2, 0.25) is 10.0 Å². The van der Waals surface area contributed by atoms with Crippen molar-refractivity contribution < 1.29 is 22.8 Å². The molecule has 1 heterocycles. The van der Waals surface area contributed by atoms with Crippen LogP contribution in [0.2, 0.25) is 0 Å². The van der Waals surface area contributed by atoms with Crippen LogP contribution in [0.3, 0.4) is 0 Å². The van der Waals surface area contributed by atoms with E-state index in [1.165, 1.54) is 28.6 Å². The number of hydrogen-bond donors (Lipinski definition) is 0. The fraction of sp³-hybridized carbons (Fsp3) is 0.280. The molecular weight excluding hydrogens is 470 g/mol. The molecule has 9 nitrogen and oxygen atoms in total. The van der Waals surface area contributed by atoms with Gasteiger partial charge >= 0.3 is 0 Å². The van der Waals surface area contributed by atoms with Crippen LogP contribution < -0.4 is 9.47 Å². The largest absolute Gasteiger partial charge is 0.493 e. The molecule has 3 aromatic rings. The maximum Gasteiger partial charge on any atom is 0.289 e. The van der Waals surface area contributed by atoms with Crippen LogP contribution in [0.4, 0.5) is 5.69 Å². The van der Waals surface area contributed by atoms with E-state index in [0.717, 1.165) is 11.1 Å². The topological polar surface area (TPSA) is 102 Å². The van der Waals surface area contributed by atoms with Crippen LogP contribution in [0, 0.1) is 10.1 Å². The summed E-state index contributed by atoms with van der Waals surface area (Å²) in [5.74, 6) is 1.29. The summed E-state index contributed by atoms with van der Waals surface area (Å²) in [4.78, 5) is 12.5. The Bertz CT molecular complexity index is 1280. The lowest BCUT2D eigenvalue weighted by Crippen LogP contribution is -2.48. The number of para-hydroxylation sites is 1. The predicted molar refractivity (Wildman–Crippen MR) is 131 cm³/mol. The van der Waals surface area contributed by atoms with Gasteiger partial charge in [-0.25, -0.2) is 8.42 Å². The highest BCUT2D eigenvalue weighted by atomic mass is 32.2. The summed E-state index contributed by atoms with van der Waals surface area (Å²) in [6.07, 6.45) is 0. The standard InChI is InChI=1S/C25H27N3O6S/c1-33-24-17-21(11-12-23(24)34-19-20-7-3-2-4-8-20)18-26-13-15-27(16-14-26)35(31,32)25-10-6-5-9-22(25)28(29)30/h2-12,17H,13-16,18-19H2,1H3. The van der Waals surface area contributed by atoms with Gasteiger partial charge in [0.1, 0.15) is 6.61 Å². The van der Waals surface area contributed by atoms with Gasteiger partial charge in [-0.2, -0.15) is 4.31 Å². The monoisotopic (exact) mass is 497 g/mol. The zero-order valence-corrected chi connectivity index (χ0v) is 20.2. The molecule has 184 valence electrons. The summed E-state index contributed by atoms with van der Waals surface area (Å²) in [6, 6.07) is 21.1. The number of ether oxygens (including phenoxy) is 2. The Morgan fingerprint density at radius 1 is 0.886 bits per heavy atom. The lowest BCUT2D eigenvalue weighted by atomic mass is 10.1. The molecule has 1 fully saturated rings. The van der Waals surface area contributed by atoms with E-state index in [1.807, 2.05) is 48.5 Å². The second-order valence-electron chi connectivity index (χ2n) is 8.16. The van der Waals surface area contributed by atoms with Crippen LogP contribution in [-0.2, 0) is 23.2 Å². The van der Waals surface area contributed by atoms with E-state index in [4.69, 9.17) is 9.47 Å². The molecule has 3 aromatic carbocycles. The van der Waals surface area contributed by atoms with E-state index in [-0.39, 0.29) is 18.0 Å². The Labute approximate surface area is 204 Å². The number of nitro groups is 1. The summed E-state index contributed by atoms with van der Waals surface area (Å²) in [6.45, 7) is 2.58. The van der Waals surface area contributed by atoms with Gasteiger partial charge in [0, 0.05) is 38.8 Å². The van der Waals surface area contributed by atoms with E-state index in [1.54, 1.807) is 7.11 Å². The van der Waals surface area contributed by atoms with Crippen LogP contribution in [0.25, 0.3) is 0 Å². The van der Waals surface area contributed by atoms with Crippen molar-refractivity contribution in [3.63, 3.8) is 0 Å². The quantitative estimate of drug-likeness (QED) is 0.328. The minimum absolute atomic E-state index is 0.254. The first kappa shape index (κ1) is 24.6. The number of piperazine rings is 1. The van der Waals surface area contributed by atoms with Crippen LogP contribution in [-0.4, -0.2) is 55.8 Å². The van der Waals surface area contributed by atoms with Crippen LogP contribution in [0.1, 0.15) is 11.1 Å². The Balaban J connectivity index is 1.37. The maximum atomic E-state index is 13.0. The Hall–Kier alpha value is -3.47. The van der Waals surface area contributed by atoms with Crippen molar-refractivity contribution in [3.8, 4) is 11.5 Å². The SMILES string of the molecule is COc1cc(CN2CCN(S(=O)(=O)c3ccccc3[N+](=O)[O-])CC2)ccc1OCc1ccccc1. The summed E-state index contributed by atoms with van der Waals surface area (Å²) in [7, 11) is -2.35. The second-order valence-corrected chi connectivity index (χ2v) is 10.1. The maximum absolute atomic E-state index is 13.0. The molecule has 1 aliphatic rings. The molecule has 0 radical (unpaired) electrons. The molecule has 0 atom stereocenters. The van der Waals surface area contributed by atoms with Gasteiger partial charge in [0.25, 0.3) is 5.69 Å². The van der Waals surface area contributed by atoms with E-state index in [2.05, 4.69) is 4.90 Å². The number of hydrogen-bond acceptors (Lipinski definition) is 7. The zero-order valence-electron chi connectivity index (χ0n) is 19.4. The molecular formula is C25H27N3O6S. The van der Waals surface area contributed by atoms with Gasteiger partial charge in [-0.3, -0.25) is 15.0 Å². The van der Waals surface area contributed by atoms with Crippen molar-refractivity contribution >= 4 is 15.7 Å². The molecule has 35 heavy (non-hydrogen) atoms. The molecule has 4 rings (SSSR count). The average Bonchev–Trinajstić information content (AvgIpc) is 2.88. The van der Waals surface area contributed by atoms with E-state index < -0.39 is 20.6 Å². The smallest absolute Gasteiger partial charge is 0.289 e. The molecule has 0 amide bonds. The Kier molecular flexibility index (Phi) is 7.64. The summed E-state index contributed by atoms with van der Waals surface area (Å²) >= 11 is 0. The first-order valence-electron chi connectivity index (χ1n) is 11.2. The number of benzene rings is 3. The minimum Gasteiger partial charge on any atom is -0.493 e. The van der Waals surface area contributed by atoms with Crippen LogP contribution >= 0.6 is 0 Å². The molecule has 0 N–H and O–H groups in total. The van der Waals surface area contributed by atoms with Crippen molar-refractivity contribution in [2.75, 3.05) is 33.3 Å². The van der Waals surface area contributed by atoms with Gasteiger partial charge in [0.15, 0.2) is 16.4 Å². The summed E-state index contributed by atoms with van der Waals surface area (Å²) < 4.78 is 38.8. The average molecular weight is 498 g/mol. The van der Waals surface area contributed by atoms with Gasteiger partial charge < -0.3 is 9.47 Å². The summed E-state index contributed by atoms with van der Waals surface area (Å²) in [5.41, 5.74) is 1.67. The molecule has 0 bridgehead atoms. The fourth-order valence-electron chi connectivity index (χ4n) is 4.02. The Morgan fingerprint density at radius 2 is 1.57 bits per heavy atom. The third-order valence-electron chi connectivity index (χ3n) is 5.88. The fourth-order valence-corrected chi connectivity index (χ4v) is 5.60. The van der Waals surface area contributed by atoms with E-state index in [9.17, 15) is 18.5 Å². The van der Waals surface area contributed by atoms with Crippen molar-refractivity contribution in [3.05, 3.63) is 94.0 Å². The molecule has 0 saturated carbocycles. The molecule has 0 aromatic heterocycles. The summed E-state index contributed by atoms with van der Waals surface area (Å²) in [5, 5.41) is 11.3. The van der Waals surface area contributed by atoms with Crippen LogP contribution in [0.5, 0.6) is 11.5 Å². The van der Waals surface area contributed by atoms with E-state index in [0.29, 0.717) is 37.7 Å². The predicted octanol–water partition coefficient (Wildman–Crippen LogP) is 3.69. The van der Waals surface area contributed by atoms with Crippen LogP contribution in [0.15, 0.2) is 77.7 Å². The van der Waals surface area contributed by atoms with Gasteiger partial charge in [0.05, 0.1) is 12.0 Å². The highest BCUT2D eigenvalue weighted by molar-refractivity contribution is 7.89. The normalized spacial score (nSPS) is 15.0. The number of nitro benzene ring substituents is 1. The number of nitrogens with zero attached hydrogens (tertiary/aromatic N) is 3. The molecule has 0 spiro atoms. The zero-order chi connectivity index (χ0) is 24.8. The Morgan fingerprint density at radius 3 is 2.26 bits per heavy atom. The third kappa shape index (κ3) is 5.79. The highest BCUT2D eigenvalue weighted by Crippen LogP contribution is 2.30. The second kappa shape index (κ2) is 10.9. The lowest BCUT2D eigenvalue weighted by molar-refractivity contribution is -0.387. The molecule has 1 saturated heterocycles. The number of methoxy groups -OCH3 is 1. The molecule has 10 heteroatoms. The van der Waals surface area contributed by atoms with Crippen molar-refractivity contribution in [1.29, 1.82) is 0 Å². The van der Waals surface area contributed by atoms with Gasteiger partial charge in [-0.1, -0.05) is 48.5 Å². The van der Waals surface area contributed by atoms with Crippen molar-refractivity contribution in [2.45, 2.75) is 18.0 Å². The third-order valence-corrected chi connectivity index (χ3v) is 7.83. The van der Waals surface area contributed by atoms with Gasteiger partial charge in [-0.05, 0) is 29.3 Å². The van der Waals surface area contributed by atoms with Crippen molar-refractivity contribution in [2.24, 2.45) is 0 Å². The molecule has 1 aliphatic heterocycles. The highest BCUT2D eigenvalue weighted by Gasteiger charge is 2.33. The van der Waals surface area contributed by atoms with Crippen molar-refractivity contribution in [1.82, 2.24) is 9.21 Å². The molecule has 0 unspecified atom stereocenters. The van der Waals surface area contributed by atoms with Gasteiger partial charge in [-0.15, -0.1) is 0 Å². The number of sulfonamides is 1. The first-order valence-corrected chi connectivity index (χ1v) is 12.6. The lowest BCUT2D eigenvalue weighted by Gasteiger charge is -2.34. The number of rotatable bonds is 9. The molecule has 0 aliphatic carbocycles. The first-order chi connectivity index (χ1) is 16.9.